The lowest BCUT2D eigenvalue weighted by Crippen LogP contribution is -2.16. The summed E-state index contributed by atoms with van der Waals surface area (Å²) in [6.07, 6.45) is 6.61. The SMILES string of the molecule is Fc1ccc(-c2nn(-c3ccccc3)cc2CNCCc2cccnc2)cc1. The maximum Gasteiger partial charge on any atom is 0.123 e. The van der Waals surface area contributed by atoms with E-state index in [-0.39, 0.29) is 5.82 Å². The minimum Gasteiger partial charge on any atom is -0.312 e. The molecule has 28 heavy (non-hydrogen) atoms. The minimum absolute atomic E-state index is 0.248. The lowest BCUT2D eigenvalue weighted by molar-refractivity contribution is 0.628. The molecule has 4 nitrogen and oxygen atoms in total. The van der Waals surface area contributed by atoms with Crippen molar-refractivity contribution in [1.29, 1.82) is 0 Å². The predicted octanol–water partition coefficient (Wildman–Crippen LogP) is 4.41. The highest BCUT2D eigenvalue weighted by Gasteiger charge is 2.12. The summed E-state index contributed by atoms with van der Waals surface area (Å²) in [6, 6.07) is 20.5. The molecule has 4 aromatic rings. The van der Waals surface area contributed by atoms with Crippen molar-refractivity contribution in [3.05, 3.63) is 102 Å². The summed E-state index contributed by atoms with van der Waals surface area (Å²) < 4.78 is 15.2. The van der Waals surface area contributed by atoms with Crippen molar-refractivity contribution in [2.24, 2.45) is 0 Å². The number of halogens is 1. The molecule has 0 spiro atoms. The summed E-state index contributed by atoms with van der Waals surface area (Å²) in [5.74, 6) is -0.248. The van der Waals surface area contributed by atoms with Crippen LogP contribution in [-0.2, 0) is 13.0 Å². The predicted molar refractivity (Wildman–Crippen MR) is 109 cm³/mol. The van der Waals surface area contributed by atoms with Gasteiger partial charge in [-0.1, -0.05) is 24.3 Å². The van der Waals surface area contributed by atoms with E-state index in [2.05, 4.69) is 16.4 Å². The summed E-state index contributed by atoms with van der Waals surface area (Å²) >= 11 is 0. The molecule has 0 aliphatic rings. The zero-order valence-corrected chi connectivity index (χ0v) is 15.4. The Hall–Kier alpha value is -3.31. The fourth-order valence-corrected chi connectivity index (χ4v) is 3.10. The molecule has 0 fully saturated rings. The van der Waals surface area contributed by atoms with Crippen molar-refractivity contribution < 1.29 is 4.39 Å². The van der Waals surface area contributed by atoms with Crippen LogP contribution in [0.2, 0.25) is 0 Å². The summed E-state index contributed by atoms with van der Waals surface area (Å²) in [7, 11) is 0. The van der Waals surface area contributed by atoms with Crippen LogP contribution in [0.5, 0.6) is 0 Å². The average Bonchev–Trinajstić information content (AvgIpc) is 3.17. The van der Waals surface area contributed by atoms with Gasteiger partial charge in [0, 0.05) is 36.3 Å². The van der Waals surface area contributed by atoms with Crippen LogP contribution in [0.4, 0.5) is 4.39 Å². The number of nitrogens with one attached hydrogen (secondary N) is 1. The Balaban J connectivity index is 1.54. The first-order chi connectivity index (χ1) is 13.8. The molecule has 0 aliphatic carbocycles. The second-order valence-electron chi connectivity index (χ2n) is 6.58. The first-order valence-corrected chi connectivity index (χ1v) is 9.29. The van der Waals surface area contributed by atoms with Gasteiger partial charge in [-0.05, 0) is 61.0 Å². The molecule has 0 saturated heterocycles. The summed E-state index contributed by atoms with van der Waals surface area (Å²) in [5.41, 5.74) is 5.03. The number of para-hydroxylation sites is 1. The Morgan fingerprint density at radius 2 is 1.75 bits per heavy atom. The number of benzene rings is 2. The zero-order valence-electron chi connectivity index (χ0n) is 15.4. The minimum atomic E-state index is -0.248. The van der Waals surface area contributed by atoms with Crippen LogP contribution < -0.4 is 5.32 Å². The van der Waals surface area contributed by atoms with Gasteiger partial charge in [0.2, 0.25) is 0 Å². The van der Waals surface area contributed by atoms with E-state index in [9.17, 15) is 4.39 Å². The molecule has 0 saturated carbocycles. The number of pyridine rings is 1. The molecule has 1 N–H and O–H groups in total. The lowest BCUT2D eigenvalue weighted by atomic mass is 10.1. The maximum atomic E-state index is 13.3. The third-order valence-corrected chi connectivity index (χ3v) is 4.56. The van der Waals surface area contributed by atoms with Crippen molar-refractivity contribution in [3.8, 4) is 16.9 Å². The van der Waals surface area contributed by atoms with Gasteiger partial charge in [-0.25, -0.2) is 9.07 Å². The van der Waals surface area contributed by atoms with Gasteiger partial charge in [0.1, 0.15) is 5.82 Å². The van der Waals surface area contributed by atoms with E-state index < -0.39 is 0 Å². The van der Waals surface area contributed by atoms with Crippen molar-refractivity contribution >= 4 is 0 Å². The van der Waals surface area contributed by atoms with Gasteiger partial charge in [0.25, 0.3) is 0 Å². The second kappa shape index (κ2) is 8.59. The van der Waals surface area contributed by atoms with Gasteiger partial charge in [-0.2, -0.15) is 5.10 Å². The first-order valence-electron chi connectivity index (χ1n) is 9.29. The average molecular weight is 372 g/mol. The standard InChI is InChI=1S/C23H21FN4/c24-21-10-8-19(9-11-21)23-20(16-26-14-12-18-5-4-13-25-15-18)17-28(27-23)22-6-2-1-3-7-22/h1-11,13,15,17,26H,12,14,16H2. The number of rotatable bonds is 7. The first kappa shape index (κ1) is 18.1. The molecule has 0 aliphatic heterocycles. The highest BCUT2D eigenvalue weighted by Crippen LogP contribution is 2.24. The molecule has 0 amide bonds. The van der Waals surface area contributed by atoms with Crippen LogP contribution in [0.25, 0.3) is 16.9 Å². The van der Waals surface area contributed by atoms with E-state index in [0.717, 1.165) is 35.5 Å². The van der Waals surface area contributed by atoms with Gasteiger partial charge in [-0.3, -0.25) is 4.98 Å². The van der Waals surface area contributed by atoms with Crippen LogP contribution >= 0.6 is 0 Å². The second-order valence-corrected chi connectivity index (χ2v) is 6.58. The third kappa shape index (κ3) is 4.32. The number of nitrogens with zero attached hydrogens (tertiary/aromatic N) is 3. The highest BCUT2D eigenvalue weighted by molar-refractivity contribution is 5.63. The van der Waals surface area contributed by atoms with Gasteiger partial charge in [-0.15, -0.1) is 0 Å². The summed E-state index contributed by atoms with van der Waals surface area (Å²) in [6.45, 7) is 1.52. The van der Waals surface area contributed by atoms with Gasteiger partial charge >= 0.3 is 0 Å². The summed E-state index contributed by atoms with van der Waals surface area (Å²) in [4.78, 5) is 4.15. The quantitative estimate of drug-likeness (QED) is 0.489. The van der Waals surface area contributed by atoms with E-state index >= 15 is 0 Å². The van der Waals surface area contributed by atoms with Crippen molar-refractivity contribution in [1.82, 2.24) is 20.1 Å². The van der Waals surface area contributed by atoms with Crippen LogP contribution in [0.3, 0.4) is 0 Å². The Kier molecular flexibility index (Phi) is 5.54. The van der Waals surface area contributed by atoms with E-state index in [1.54, 1.807) is 18.3 Å². The molecule has 0 unspecified atom stereocenters. The van der Waals surface area contributed by atoms with Crippen molar-refractivity contribution in [2.75, 3.05) is 6.54 Å². The molecule has 0 radical (unpaired) electrons. The van der Waals surface area contributed by atoms with Gasteiger partial charge < -0.3 is 5.32 Å². The Bertz CT molecular complexity index is 1010. The van der Waals surface area contributed by atoms with Crippen molar-refractivity contribution in [3.63, 3.8) is 0 Å². The summed E-state index contributed by atoms with van der Waals surface area (Å²) in [5, 5.41) is 8.24. The molecule has 4 rings (SSSR count). The van der Waals surface area contributed by atoms with E-state index in [0.29, 0.717) is 6.54 Å². The number of hydrogen-bond acceptors (Lipinski definition) is 3. The molecule has 5 heteroatoms. The molecular weight excluding hydrogens is 351 g/mol. The van der Waals surface area contributed by atoms with E-state index in [1.807, 2.05) is 53.5 Å². The monoisotopic (exact) mass is 372 g/mol. The van der Waals surface area contributed by atoms with E-state index in [1.165, 1.54) is 17.7 Å². The fraction of sp³-hybridized carbons (Fsp3) is 0.130. The molecule has 0 bridgehead atoms. The van der Waals surface area contributed by atoms with Crippen LogP contribution in [0.1, 0.15) is 11.1 Å². The van der Waals surface area contributed by atoms with Crippen LogP contribution in [0, 0.1) is 5.82 Å². The normalized spacial score (nSPS) is 10.9. The largest absolute Gasteiger partial charge is 0.312 e. The van der Waals surface area contributed by atoms with Crippen LogP contribution in [-0.4, -0.2) is 21.3 Å². The number of hydrogen-bond donors (Lipinski definition) is 1. The third-order valence-electron chi connectivity index (χ3n) is 4.56. The van der Waals surface area contributed by atoms with E-state index in [4.69, 9.17) is 5.10 Å². The molecule has 0 atom stereocenters. The lowest BCUT2D eigenvalue weighted by Gasteiger charge is -2.05. The molecular formula is C23H21FN4. The number of aromatic nitrogens is 3. The smallest absolute Gasteiger partial charge is 0.123 e. The van der Waals surface area contributed by atoms with Gasteiger partial charge in [0.05, 0.1) is 11.4 Å². The van der Waals surface area contributed by atoms with Crippen molar-refractivity contribution in [2.45, 2.75) is 13.0 Å². The Morgan fingerprint density at radius 3 is 2.50 bits per heavy atom. The Morgan fingerprint density at radius 1 is 0.929 bits per heavy atom. The maximum absolute atomic E-state index is 13.3. The van der Waals surface area contributed by atoms with Gasteiger partial charge in [0.15, 0.2) is 0 Å². The highest BCUT2D eigenvalue weighted by atomic mass is 19.1. The molecule has 140 valence electrons. The zero-order chi connectivity index (χ0) is 19.2. The Labute approximate surface area is 163 Å². The fourth-order valence-electron chi connectivity index (χ4n) is 3.10. The molecule has 2 aromatic heterocycles. The van der Waals surface area contributed by atoms with Crippen LogP contribution in [0.15, 0.2) is 85.3 Å². The molecule has 2 aromatic carbocycles. The topological polar surface area (TPSA) is 42.7 Å². The molecule has 2 heterocycles.